The van der Waals surface area contributed by atoms with Crippen molar-refractivity contribution in [3.8, 4) is 0 Å². The van der Waals surface area contributed by atoms with E-state index in [0.29, 0.717) is 30.4 Å². The molecular formula is C15H21N5O2S2. The fraction of sp³-hybridized carbons (Fsp3) is 0.467. The average molecular weight is 368 g/mol. The molecule has 7 nitrogen and oxygen atoms in total. The zero-order chi connectivity index (χ0) is 17.2. The van der Waals surface area contributed by atoms with Gasteiger partial charge in [-0.3, -0.25) is 0 Å². The molecule has 0 amide bonds. The van der Waals surface area contributed by atoms with E-state index in [-0.39, 0.29) is 0 Å². The van der Waals surface area contributed by atoms with Gasteiger partial charge >= 0.3 is 0 Å². The van der Waals surface area contributed by atoms with Crippen molar-refractivity contribution in [2.24, 2.45) is 0 Å². The molecule has 0 aliphatic carbocycles. The van der Waals surface area contributed by atoms with Gasteiger partial charge in [0.15, 0.2) is 5.82 Å². The largest absolute Gasteiger partial charge is 0.369 e. The van der Waals surface area contributed by atoms with E-state index in [1.165, 1.54) is 11.3 Å². The molecule has 0 saturated carbocycles. The minimum atomic E-state index is -3.38. The summed E-state index contributed by atoms with van der Waals surface area (Å²) in [6.07, 6.45) is 0. The number of aryl methyl sites for hydroxylation is 1. The third-order valence-electron chi connectivity index (χ3n) is 3.88. The summed E-state index contributed by atoms with van der Waals surface area (Å²) in [4.78, 5) is 3.07. The van der Waals surface area contributed by atoms with Gasteiger partial charge in [-0.25, -0.2) is 8.42 Å². The Bertz CT molecular complexity index is 780. The van der Waals surface area contributed by atoms with Crippen molar-refractivity contribution in [1.29, 1.82) is 0 Å². The summed E-state index contributed by atoms with van der Waals surface area (Å²) in [5.41, 5.74) is 0. The molecule has 2 aromatic rings. The van der Waals surface area contributed by atoms with E-state index in [0.717, 1.165) is 23.1 Å². The standard InChI is InChI=1S/C15H21N5O2S2/c1-3-16-13-5-6-14(18-17-13)19-8-10-20(11-9-19)24(21,22)15-7-4-12(2)23-15/h4-7H,3,8-11H2,1-2H3,(H,16,17). The summed E-state index contributed by atoms with van der Waals surface area (Å²) in [5.74, 6) is 1.52. The molecule has 1 N–H and O–H groups in total. The van der Waals surface area contributed by atoms with Crippen molar-refractivity contribution < 1.29 is 8.42 Å². The Morgan fingerprint density at radius 1 is 1.12 bits per heavy atom. The number of piperazine rings is 1. The first kappa shape index (κ1) is 17.1. The van der Waals surface area contributed by atoms with E-state index in [9.17, 15) is 8.42 Å². The second kappa shape index (κ2) is 7.04. The first-order valence-electron chi connectivity index (χ1n) is 7.90. The lowest BCUT2D eigenvalue weighted by Crippen LogP contribution is -2.48. The van der Waals surface area contributed by atoms with E-state index < -0.39 is 10.0 Å². The van der Waals surface area contributed by atoms with Crippen molar-refractivity contribution >= 4 is 33.0 Å². The molecule has 130 valence electrons. The smallest absolute Gasteiger partial charge is 0.252 e. The van der Waals surface area contributed by atoms with Crippen LogP contribution in [0.4, 0.5) is 11.6 Å². The SMILES string of the molecule is CCNc1ccc(N2CCN(S(=O)(=O)c3ccc(C)s3)CC2)nn1. The van der Waals surface area contributed by atoms with Crippen LogP contribution in [0.2, 0.25) is 0 Å². The summed E-state index contributed by atoms with van der Waals surface area (Å²) in [6, 6.07) is 7.34. The normalized spacial score (nSPS) is 16.3. The maximum atomic E-state index is 12.6. The Hall–Kier alpha value is -1.71. The second-order valence-corrected chi connectivity index (χ2v) is 9.02. The zero-order valence-corrected chi connectivity index (χ0v) is 15.4. The van der Waals surface area contributed by atoms with Gasteiger partial charge in [0, 0.05) is 37.6 Å². The van der Waals surface area contributed by atoms with Crippen molar-refractivity contribution in [3.05, 3.63) is 29.1 Å². The number of aromatic nitrogens is 2. The molecule has 3 rings (SSSR count). The van der Waals surface area contributed by atoms with E-state index >= 15 is 0 Å². The van der Waals surface area contributed by atoms with Gasteiger partial charge in [-0.05, 0) is 38.1 Å². The Labute approximate surface area is 146 Å². The van der Waals surface area contributed by atoms with Crippen LogP contribution in [0.5, 0.6) is 0 Å². The number of hydrogen-bond acceptors (Lipinski definition) is 7. The molecule has 1 fully saturated rings. The lowest BCUT2D eigenvalue weighted by atomic mass is 10.3. The van der Waals surface area contributed by atoms with Crippen molar-refractivity contribution in [2.45, 2.75) is 18.1 Å². The van der Waals surface area contributed by atoms with Gasteiger partial charge in [-0.1, -0.05) is 0 Å². The third kappa shape index (κ3) is 3.52. The monoisotopic (exact) mass is 367 g/mol. The number of nitrogens with zero attached hydrogens (tertiary/aromatic N) is 4. The lowest BCUT2D eigenvalue weighted by Gasteiger charge is -2.34. The van der Waals surface area contributed by atoms with Crippen LogP contribution in [0.1, 0.15) is 11.8 Å². The highest BCUT2D eigenvalue weighted by atomic mass is 32.2. The molecule has 0 spiro atoms. The predicted octanol–water partition coefficient (Wildman–Crippen LogP) is 1.79. The Kier molecular flexibility index (Phi) is 5.02. The molecule has 9 heteroatoms. The first-order valence-corrected chi connectivity index (χ1v) is 10.2. The molecule has 0 aromatic carbocycles. The molecule has 24 heavy (non-hydrogen) atoms. The van der Waals surface area contributed by atoms with Crippen molar-refractivity contribution in [1.82, 2.24) is 14.5 Å². The Balaban J connectivity index is 1.65. The molecule has 0 unspecified atom stereocenters. The molecule has 1 aliphatic rings. The fourth-order valence-electron chi connectivity index (χ4n) is 2.60. The van der Waals surface area contributed by atoms with Gasteiger partial charge in [-0.2, -0.15) is 4.31 Å². The van der Waals surface area contributed by atoms with Gasteiger partial charge in [0.05, 0.1) is 0 Å². The molecule has 3 heterocycles. The first-order chi connectivity index (χ1) is 11.5. The molecule has 2 aromatic heterocycles. The summed E-state index contributed by atoms with van der Waals surface area (Å²) in [6.45, 7) is 6.85. The Morgan fingerprint density at radius 2 is 1.88 bits per heavy atom. The number of nitrogens with one attached hydrogen (secondary N) is 1. The van der Waals surface area contributed by atoms with Gasteiger partial charge in [0.2, 0.25) is 0 Å². The number of anilines is 2. The number of thiophene rings is 1. The van der Waals surface area contributed by atoms with Crippen LogP contribution < -0.4 is 10.2 Å². The minimum Gasteiger partial charge on any atom is -0.369 e. The third-order valence-corrected chi connectivity index (χ3v) is 7.25. The van der Waals surface area contributed by atoms with Gasteiger partial charge < -0.3 is 10.2 Å². The van der Waals surface area contributed by atoms with Crippen LogP contribution >= 0.6 is 11.3 Å². The molecular weight excluding hydrogens is 346 g/mol. The van der Waals surface area contributed by atoms with Crippen molar-refractivity contribution in [3.63, 3.8) is 0 Å². The number of rotatable bonds is 5. The topological polar surface area (TPSA) is 78.4 Å². The Morgan fingerprint density at radius 3 is 2.42 bits per heavy atom. The van der Waals surface area contributed by atoms with Gasteiger partial charge in [0.25, 0.3) is 10.0 Å². The molecule has 0 bridgehead atoms. The predicted molar refractivity (Wildman–Crippen MR) is 96.2 cm³/mol. The van der Waals surface area contributed by atoms with E-state index in [4.69, 9.17) is 0 Å². The van der Waals surface area contributed by atoms with Crippen LogP contribution in [0.3, 0.4) is 0 Å². The van der Waals surface area contributed by atoms with Crippen LogP contribution in [0.15, 0.2) is 28.5 Å². The van der Waals surface area contributed by atoms with Crippen LogP contribution in [0.25, 0.3) is 0 Å². The summed E-state index contributed by atoms with van der Waals surface area (Å²) < 4.78 is 27.3. The van der Waals surface area contributed by atoms with Crippen LogP contribution in [-0.4, -0.2) is 55.6 Å². The van der Waals surface area contributed by atoms with E-state index in [1.54, 1.807) is 10.4 Å². The molecule has 1 aliphatic heterocycles. The highest BCUT2D eigenvalue weighted by Gasteiger charge is 2.29. The molecule has 0 atom stereocenters. The quantitative estimate of drug-likeness (QED) is 0.868. The highest BCUT2D eigenvalue weighted by Crippen LogP contribution is 2.25. The average Bonchev–Trinajstić information content (AvgIpc) is 3.03. The second-order valence-electron chi connectivity index (χ2n) is 5.56. The zero-order valence-electron chi connectivity index (χ0n) is 13.8. The van der Waals surface area contributed by atoms with Gasteiger partial charge in [0.1, 0.15) is 10.0 Å². The lowest BCUT2D eigenvalue weighted by molar-refractivity contribution is 0.384. The van der Waals surface area contributed by atoms with Crippen LogP contribution in [-0.2, 0) is 10.0 Å². The van der Waals surface area contributed by atoms with Crippen molar-refractivity contribution in [2.75, 3.05) is 42.9 Å². The molecule has 0 radical (unpaired) electrons. The summed E-state index contributed by atoms with van der Waals surface area (Å²) in [5, 5.41) is 11.5. The highest BCUT2D eigenvalue weighted by molar-refractivity contribution is 7.91. The maximum Gasteiger partial charge on any atom is 0.252 e. The van der Waals surface area contributed by atoms with E-state index in [2.05, 4.69) is 20.4 Å². The number of sulfonamides is 1. The summed E-state index contributed by atoms with van der Waals surface area (Å²) in [7, 11) is -3.38. The van der Waals surface area contributed by atoms with Gasteiger partial charge in [-0.15, -0.1) is 21.5 Å². The fourth-order valence-corrected chi connectivity index (χ4v) is 5.46. The number of hydrogen-bond donors (Lipinski definition) is 1. The van der Waals surface area contributed by atoms with E-state index in [1.807, 2.05) is 32.0 Å². The van der Waals surface area contributed by atoms with Crippen LogP contribution in [0, 0.1) is 6.92 Å². The minimum absolute atomic E-state index is 0.420. The summed E-state index contributed by atoms with van der Waals surface area (Å²) >= 11 is 1.32. The maximum absolute atomic E-state index is 12.6. The molecule has 1 saturated heterocycles.